The minimum atomic E-state index is 0.719. The van der Waals surface area contributed by atoms with Crippen LogP contribution < -0.4 is 5.73 Å². The van der Waals surface area contributed by atoms with E-state index in [9.17, 15) is 0 Å². The lowest BCUT2D eigenvalue weighted by molar-refractivity contribution is 0.580. The first-order valence-electron chi connectivity index (χ1n) is 4.62. The Bertz CT molecular complexity index is 595. The van der Waals surface area contributed by atoms with E-state index in [-0.39, 0.29) is 0 Å². The van der Waals surface area contributed by atoms with Gasteiger partial charge in [0.1, 0.15) is 5.69 Å². The van der Waals surface area contributed by atoms with Crippen LogP contribution >= 0.6 is 0 Å². The number of rotatable bonds is 1. The molecule has 15 heavy (non-hydrogen) atoms. The molecule has 4 nitrogen and oxygen atoms in total. The topological polar surface area (TPSA) is 67.8 Å². The van der Waals surface area contributed by atoms with Gasteiger partial charge in [-0.05, 0) is 30.3 Å². The second kappa shape index (κ2) is 2.88. The quantitative estimate of drug-likeness (QED) is 0.591. The fraction of sp³-hybridized carbons (Fsp3) is 0. The van der Waals surface area contributed by atoms with Crippen molar-refractivity contribution in [2.45, 2.75) is 0 Å². The third-order valence-corrected chi connectivity index (χ3v) is 2.34. The van der Waals surface area contributed by atoms with Crippen LogP contribution in [0.2, 0.25) is 0 Å². The highest BCUT2D eigenvalue weighted by molar-refractivity contribution is 5.93. The smallest absolute Gasteiger partial charge is 0.154 e. The molecular formula is C11H9N3O. The van der Waals surface area contributed by atoms with Gasteiger partial charge < -0.3 is 10.2 Å². The molecule has 3 N–H and O–H groups in total. The summed E-state index contributed by atoms with van der Waals surface area (Å²) in [6.45, 7) is 0. The van der Waals surface area contributed by atoms with Crippen LogP contribution in [0.4, 0.5) is 5.69 Å². The molecule has 3 aromatic rings. The van der Waals surface area contributed by atoms with Crippen molar-refractivity contribution in [3.8, 4) is 11.5 Å². The van der Waals surface area contributed by atoms with Gasteiger partial charge in [0.25, 0.3) is 0 Å². The number of anilines is 1. The number of benzene rings is 1. The summed E-state index contributed by atoms with van der Waals surface area (Å²) in [7, 11) is 0. The van der Waals surface area contributed by atoms with Gasteiger partial charge in [-0.2, -0.15) is 5.10 Å². The Morgan fingerprint density at radius 2 is 2.20 bits per heavy atom. The Kier molecular flexibility index (Phi) is 1.56. The van der Waals surface area contributed by atoms with Crippen LogP contribution in [-0.4, -0.2) is 10.2 Å². The molecular weight excluding hydrogens is 190 g/mol. The molecule has 0 aliphatic carbocycles. The number of aromatic nitrogens is 2. The number of fused-ring (bicyclic) bond motifs is 1. The summed E-state index contributed by atoms with van der Waals surface area (Å²) < 4.78 is 5.30. The first kappa shape index (κ1) is 8.11. The van der Waals surface area contributed by atoms with Gasteiger partial charge in [0.2, 0.25) is 0 Å². The number of H-pyrrole nitrogens is 1. The summed E-state index contributed by atoms with van der Waals surface area (Å²) in [6.07, 6.45) is 1.63. The second-order valence-corrected chi connectivity index (χ2v) is 3.35. The zero-order chi connectivity index (χ0) is 10.3. The van der Waals surface area contributed by atoms with Gasteiger partial charge in [-0.3, -0.25) is 5.10 Å². The van der Waals surface area contributed by atoms with Gasteiger partial charge in [-0.1, -0.05) is 0 Å². The summed E-state index contributed by atoms with van der Waals surface area (Å²) >= 11 is 0. The Labute approximate surface area is 85.7 Å². The Hall–Kier alpha value is -2.23. The molecule has 0 aliphatic heterocycles. The number of nitrogens with one attached hydrogen (secondary N) is 1. The predicted molar refractivity (Wildman–Crippen MR) is 58.2 cm³/mol. The standard InChI is InChI=1S/C11H9N3O/c12-7-3-4-9-8(6-7)11(14-13-9)10-2-1-5-15-10/h1-6H,12H2,(H,13,14). The molecule has 0 spiro atoms. The van der Waals surface area contributed by atoms with E-state index in [1.54, 1.807) is 6.26 Å². The van der Waals surface area contributed by atoms with Crippen molar-refractivity contribution in [3.63, 3.8) is 0 Å². The molecule has 0 saturated heterocycles. The van der Waals surface area contributed by atoms with Crippen LogP contribution in [0.5, 0.6) is 0 Å². The molecule has 0 bridgehead atoms. The Morgan fingerprint density at radius 3 is 3.00 bits per heavy atom. The number of hydrogen-bond acceptors (Lipinski definition) is 3. The van der Waals surface area contributed by atoms with E-state index in [1.165, 1.54) is 0 Å². The van der Waals surface area contributed by atoms with Gasteiger partial charge in [0.15, 0.2) is 5.76 Å². The maximum absolute atomic E-state index is 5.73. The molecule has 74 valence electrons. The lowest BCUT2D eigenvalue weighted by Crippen LogP contribution is -1.82. The monoisotopic (exact) mass is 199 g/mol. The van der Waals surface area contributed by atoms with Crippen LogP contribution in [0.3, 0.4) is 0 Å². The lowest BCUT2D eigenvalue weighted by atomic mass is 10.1. The zero-order valence-corrected chi connectivity index (χ0v) is 7.90. The summed E-state index contributed by atoms with van der Waals surface area (Å²) in [5, 5.41) is 8.12. The predicted octanol–water partition coefficient (Wildman–Crippen LogP) is 2.41. The molecule has 2 heterocycles. The Morgan fingerprint density at radius 1 is 1.27 bits per heavy atom. The number of hydrogen-bond donors (Lipinski definition) is 2. The van der Waals surface area contributed by atoms with Crippen molar-refractivity contribution in [1.29, 1.82) is 0 Å². The highest BCUT2D eigenvalue weighted by atomic mass is 16.3. The molecule has 0 unspecified atom stereocenters. The zero-order valence-electron chi connectivity index (χ0n) is 7.90. The lowest BCUT2D eigenvalue weighted by Gasteiger charge is -1.94. The number of nitrogens with zero attached hydrogens (tertiary/aromatic N) is 1. The van der Waals surface area contributed by atoms with E-state index < -0.39 is 0 Å². The third kappa shape index (κ3) is 1.19. The number of furan rings is 1. The molecule has 0 aliphatic rings. The highest BCUT2D eigenvalue weighted by Gasteiger charge is 2.09. The molecule has 0 amide bonds. The third-order valence-electron chi connectivity index (χ3n) is 2.34. The van der Waals surface area contributed by atoms with E-state index in [4.69, 9.17) is 10.2 Å². The van der Waals surface area contributed by atoms with Gasteiger partial charge in [0, 0.05) is 11.1 Å². The van der Waals surface area contributed by atoms with E-state index in [0.717, 1.165) is 28.0 Å². The van der Waals surface area contributed by atoms with E-state index in [2.05, 4.69) is 10.2 Å². The summed E-state index contributed by atoms with van der Waals surface area (Å²) in [4.78, 5) is 0. The van der Waals surface area contributed by atoms with E-state index >= 15 is 0 Å². The van der Waals surface area contributed by atoms with Crippen LogP contribution in [0.1, 0.15) is 0 Å². The van der Waals surface area contributed by atoms with Crippen molar-refractivity contribution in [2.75, 3.05) is 5.73 Å². The number of nitrogen functional groups attached to an aromatic ring is 1. The molecule has 0 saturated carbocycles. The van der Waals surface area contributed by atoms with E-state index in [0.29, 0.717) is 0 Å². The fourth-order valence-corrected chi connectivity index (χ4v) is 1.63. The maximum atomic E-state index is 5.73. The molecule has 4 heteroatoms. The van der Waals surface area contributed by atoms with E-state index in [1.807, 2.05) is 30.3 Å². The Balaban J connectivity index is 2.32. The number of aromatic amines is 1. The fourth-order valence-electron chi connectivity index (χ4n) is 1.63. The molecule has 0 fully saturated rings. The van der Waals surface area contributed by atoms with Crippen molar-refractivity contribution in [1.82, 2.24) is 10.2 Å². The van der Waals surface area contributed by atoms with Crippen LogP contribution in [-0.2, 0) is 0 Å². The van der Waals surface area contributed by atoms with Gasteiger partial charge in [-0.25, -0.2) is 0 Å². The minimum Gasteiger partial charge on any atom is -0.463 e. The second-order valence-electron chi connectivity index (χ2n) is 3.35. The molecule has 1 aromatic carbocycles. The average molecular weight is 199 g/mol. The first-order valence-corrected chi connectivity index (χ1v) is 4.62. The molecule has 0 radical (unpaired) electrons. The van der Waals surface area contributed by atoms with Crippen molar-refractivity contribution >= 4 is 16.6 Å². The molecule has 0 atom stereocenters. The van der Waals surface area contributed by atoms with Crippen molar-refractivity contribution in [3.05, 3.63) is 36.6 Å². The maximum Gasteiger partial charge on any atom is 0.154 e. The van der Waals surface area contributed by atoms with Crippen molar-refractivity contribution in [2.24, 2.45) is 0 Å². The molecule has 2 aromatic heterocycles. The average Bonchev–Trinajstić information content (AvgIpc) is 2.83. The summed E-state index contributed by atoms with van der Waals surface area (Å²) in [6, 6.07) is 9.34. The number of nitrogens with two attached hydrogens (primary N) is 1. The normalized spacial score (nSPS) is 10.9. The largest absolute Gasteiger partial charge is 0.463 e. The van der Waals surface area contributed by atoms with Gasteiger partial charge in [0.05, 0.1) is 11.8 Å². The SMILES string of the molecule is Nc1ccc2[nH]nc(-c3ccco3)c2c1. The van der Waals surface area contributed by atoms with Crippen LogP contribution in [0, 0.1) is 0 Å². The van der Waals surface area contributed by atoms with Gasteiger partial charge in [-0.15, -0.1) is 0 Å². The van der Waals surface area contributed by atoms with Crippen LogP contribution in [0.25, 0.3) is 22.4 Å². The van der Waals surface area contributed by atoms with Crippen LogP contribution in [0.15, 0.2) is 41.0 Å². The highest BCUT2D eigenvalue weighted by Crippen LogP contribution is 2.27. The summed E-state index contributed by atoms with van der Waals surface area (Å²) in [5.41, 5.74) is 8.20. The van der Waals surface area contributed by atoms with Crippen molar-refractivity contribution < 1.29 is 4.42 Å². The molecule has 3 rings (SSSR count). The van der Waals surface area contributed by atoms with Gasteiger partial charge >= 0.3 is 0 Å². The minimum absolute atomic E-state index is 0.719. The first-order chi connectivity index (χ1) is 7.34. The summed E-state index contributed by atoms with van der Waals surface area (Å²) in [5.74, 6) is 0.742.